The summed E-state index contributed by atoms with van der Waals surface area (Å²) in [5.41, 5.74) is 3.43. The van der Waals surface area contributed by atoms with E-state index in [-0.39, 0.29) is 5.41 Å². The topological polar surface area (TPSA) is 26.1 Å². The highest BCUT2D eigenvalue weighted by Crippen LogP contribution is 2.40. The number of fused-ring (bicyclic) bond motifs is 1. The lowest BCUT2D eigenvalue weighted by molar-refractivity contribution is -0.357. The first-order chi connectivity index (χ1) is 8.62. The fourth-order valence-corrected chi connectivity index (χ4v) is 2.76. The second-order valence-corrected chi connectivity index (χ2v) is 5.15. The van der Waals surface area contributed by atoms with Crippen molar-refractivity contribution in [3.8, 4) is 0 Å². The molecule has 0 aromatic heterocycles. The molecule has 0 atom stereocenters. The Labute approximate surface area is 107 Å². The standard InChI is InChI=1S/C16H15NO/c1-16(2)13-10-6-7-11-14(13)17(18)15(16)12-8-4-3-5-9-12/h3-11H,1-2H3. The predicted octanol–water partition coefficient (Wildman–Crippen LogP) is 3.61. The molecule has 90 valence electrons. The molecule has 18 heavy (non-hydrogen) atoms. The third-order valence-corrected chi connectivity index (χ3v) is 3.64. The Hall–Kier alpha value is -2.09. The molecular formula is C16H15NO. The molecule has 2 heteroatoms. The molecule has 0 N–H and O–H groups in total. The maximum absolute atomic E-state index is 12.5. The van der Waals surface area contributed by atoms with Crippen molar-refractivity contribution in [1.82, 2.24) is 0 Å². The van der Waals surface area contributed by atoms with Gasteiger partial charge in [0.25, 0.3) is 0 Å². The number of rotatable bonds is 1. The first kappa shape index (κ1) is 11.0. The lowest BCUT2D eigenvalue weighted by atomic mass is 9.79. The van der Waals surface area contributed by atoms with Crippen molar-refractivity contribution in [3.63, 3.8) is 0 Å². The van der Waals surface area contributed by atoms with E-state index >= 15 is 0 Å². The average Bonchev–Trinajstić information content (AvgIpc) is 2.59. The molecule has 2 aromatic carbocycles. The van der Waals surface area contributed by atoms with Gasteiger partial charge in [-0.25, -0.2) is 0 Å². The summed E-state index contributed by atoms with van der Waals surface area (Å²) in [7, 11) is 0. The van der Waals surface area contributed by atoms with Crippen molar-refractivity contribution >= 4 is 11.4 Å². The third kappa shape index (κ3) is 1.39. The second kappa shape index (κ2) is 3.70. The molecule has 1 heterocycles. The Bertz CT molecular complexity index is 627. The predicted molar refractivity (Wildman–Crippen MR) is 73.3 cm³/mol. The first-order valence-corrected chi connectivity index (χ1v) is 6.12. The average molecular weight is 237 g/mol. The molecule has 0 radical (unpaired) electrons. The van der Waals surface area contributed by atoms with Crippen LogP contribution in [0, 0.1) is 5.21 Å². The van der Waals surface area contributed by atoms with E-state index in [1.165, 1.54) is 0 Å². The van der Waals surface area contributed by atoms with Crippen molar-refractivity contribution in [2.24, 2.45) is 0 Å². The summed E-state index contributed by atoms with van der Waals surface area (Å²) in [6.45, 7) is 4.21. The van der Waals surface area contributed by atoms with Crippen LogP contribution < -0.4 is 0 Å². The van der Waals surface area contributed by atoms with Gasteiger partial charge in [-0.15, -0.1) is 0 Å². The Morgan fingerprint density at radius 1 is 0.889 bits per heavy atom. The van der Waals surface area contributed by atoms with Gasteiger partial charge in [0.2, 0.25) is 11.4 Å². The van der Waals surface area contributed by atoms with Gasteiger partial charge in [-0.1, -0.05) is 36.4 Å². The van der Waals surface area contributed by atoms with Gasteiger partial charge < -0.3 is 5.21 Å². The van der Waals surface area contributed by atoms with Crippen LogP contribution in [0.2, 0.25) is 0 Å². The highest BCUT2D eigenvalue weighted by Gasteiger charge is 2.44. The molecule has 0 bridgehead atoms. The van der Waals surface area contributed by atoms with Crippen LogP contribution >= 0.6 is 0 Å². The lowest BCUT2D eigenvalue weighted by Crippen LogP contribution is -2.29. The smallest absolute Gasteiger partial charge is 0.221 e. The number of hydrogen-bond acceptors (Lipinski definition) is 1. The monoisotopic (exact) mass is 237 g/mol. The van der Waals surface area contributed by atoms with Crippen molar-refractivity contribution in [1.29, 1.82) is 0 Å². The van der Waals surface area contributed by atoms with E-state index in [1.807, 2.05) is 54.6 Å². The van der Waals surface area contributed by atoms with Crippen molar-refractivity contribution < 1.29 is 4.74 Å². The number of hydrogen-bond donors (Lipinski definition) is 0. The Morgan fingerprint density at radius 3 is 2.17 bits per heavy atom. The molecule has 0 amide bonds. The van der Waals surface area contributed by atoms with Gasteiger partial charge >= 0.3 is 0 Å². The van der Waals surface area contributed by atoms with Crippen LogP contribution in [0.15, 0.2) is 54.6 Å². The van der Waals surface area contributed by atoms with Gasteiger partial charge in [0, 0.05) is 17.2 Å². The van der Waals surface area contributed by atoms with Crippen LogP contribution in [0.5, 0.6) is 0 Å². The minimum atomic E-state index is -0.250. The van der Waals surface area contributed by atoms with Gasteiger partial charge in [-0.3, -0.25) is 0 Å². The SMILES string of the molecule is CC1(C)C(c2ccccc2)=[N+]([O-])c2ccccc21. The van der Waals surface area contributed by atoms with E-state index in [2.05, 4.69) is 13.8 Å². The zero-order valence-electron chi connectivity index (χ0n) is 10.6. The largest absolute Gasteiger partial charge is 0.618 e. The summed E-state index contributed by atoms with van der Waals surface area (Å²) in [5, 5.41) is 12.5. The normalized spacial score (nSPS) is 16.8. The highest BCUT2D eigenvalue weighted by atomic mass is 16.5. The second-order valence-electron chi connectivity index (χ2n) is 5.15. The van der Waals surface area contributed by atoms with Crippen LogP contribution in [-0.4, -0.2) is 10.5 Å². The van der Waals surface area contributed by atoms with Crippen LogP contribution in [-0.2, 0) is 5.41 Å². The summed E-state index contributed by atoms with van der Waals surface area (Å²) in [5.74, 6) is 0. The fourth-order valence-electron chi connectivity index (χ4n) is 2.76. The molecule has 2 aromatic rings. The van der Waals surface area contributed by atoms with Crippen LogP contribution in [0.25, 0.3) is 0 Å². The van der Waals surface area contributed by atoms with Crippen LogP contribution in [0.3, 0.4) is 0 Å². The third-order valence-electron chi connectivity index (χ3n) is 3.64. The fraction of sp³-hybridized carbons (Fsp3) is 0.188. The molecule has 0 aliphatic carbocycles. The number of nitrogens with zero attached hydrogens (tertiary/aromatic N) is 1. The minimum Gasteiger partial charge on any atom is -0.618 e. The maximum Gasteiger partial charge on any atom is 0.221 e. The van der Waals surface area contributed by atoms with Gasteiger partial charge in [-0.05, 0) is 26.0 Å². The summed E-state index contributed by atoms with van der Waals surface area (Å²) in [6.07, 6.45) is 0. The van der Waals surface area contributed by atoms with Crippen LogP contribution in [0.4, 0.5) is 5.69 Å². The zero-order chi connectivity index (χ0) is 12.8. The van der Waals surface area contributed by atoms with E-state index in [0.29, 0.717) is 0 Å². The lowest BCUT2D eigenvalue weighted by Gasteiger charge is -2.17. The quantitative estimate of drug-likeness (QED) is 0.549. The summed E-state index contributed by atoms with van der Waals surface area (Å²) < 4.78 is 1.07. The van der Waals surface area contributed by atoms with E-state index in [0.717, 1.165) is 27.3 Å². The van der Waals surface area contributed by atoms with E-state index in [1.54, 1.807) is 0 Å². The Balaban J connectivity index is 2.26. The number of para-hydroxylation sites is 1. The molecule has 1 aliphatic heterocycles. The molecule has 0 fully saturated rings. The van der Waals surface area contributed by atoms with Gasteiger partial charge in [0.15, 0.2) is 0 Å². The van der Waals surface area contributed by atoms with Crippen LogP contribution in [0.1, 0.15) is 25.0 Å². The van der Waals surface area contributed by atoms with E-state index < -0.39 is 0 Å². The molecule has 3 rings (SSSR count). The van der Waals surface area contributed by atoms with E-state index in [4.69, 9.17) is 0 Å². The van der Waals surface area contributed by atoms with Gasteiger partial charge in [0.05, 0.1) is 5.41 Å². The Morgan fingerprint density at radius 2 is 1.50 bits per heavy atom. The Kier molecular flexibility index (Phi) is 2.27. The number of benzene rings is 2. The molecule has 0 unspecified atom stereocenters. The molecular weight excluding hydrogens is 222 g/mol. The van der Waals surface area contributed by atoms with Crippen molar-refractivity contribution in [3.05, 3.63) is 70.9 Å². The van der Waals surface area contributed by atoms with Gasteiger partial charge in [-0.2, -0.15) is 4.74 Å². The molecule has 0 saturated carbocycles. The minimum absolute atomic E-state index is 0.250. The molecule has 1 aliphatic rings. The highest BCUT2D eigenvalue weighted by molar-refractivity contribution is 6.07. The molecule has 0 saturated heterocycles. The summed E-state index contributed by atoms with van der Waals surface area (Å²) in [6, 6.07) is 17.7. The first-order valence-electron chi connectivity index (χ1n) is 6.12. The summed E-state index contributed by atoms with van der Waals surface area (Å²) in [4.78, 5) is 0. The van der Waals surface area contributed by atoms with E-state index in [9.17, 15) is 5.21 Å². The van der Waals surface area contributed by atoms with Crippen molar-refractivity contribution in [2.45, 2.75) is 19.3 Å². The zero-order valence-corrected chi connectivity index (χ0v) is 10.6. The summed E-state index contributed by atoms with van der Waals surface area (Å²) >= 11 is 0. The van der Waals surface area contributed by atoms with Gasteiger partial charge in [0.1, 0.15) is 0 Å². The molecule has 0 spiro atoms. The van der Waals surface area contributed by atoms with Crippen molar-refractivity contribution in [2.75, 3.05) is 0 Å². The molecule has 2 nitrogen and oxygen atoms in total. The maximum atomic E-state index is 12.5.